The molecule has 1 atom stereocenters. The molecule has 0 spiro atoms. The SMILES string of the molecule is CCc1cc2ccc(C(C)(C#N)CCOc3ccc(OC)cc3)cc2[nH]c1=O. The van der Waals surface area contributed by atoms with Crippen LogP contribution in [0.3, 0.4) is 0 Å². The van der Waals surface area contributed by atoms with Crippen molar-refractivity contribution in [2.75, 3.05) is 13.7 Å². The van der Waals surface area contributed by atoms with Gasteiger partial charge in [-0.2, -0.15) is 5.26 Å². The molecule has 0 saturated carbocycles. The van der Waals surface area contributed by atoms with Crippen molar-refractivity contribution < 1.29 is 9.47 Å². The maximum atomic E-state index is 12.1. The van der Waals surface area contributed by atoms with Gasteiger partial charge in [0.15, 0.2) is 0 Å². The van der Waals surface area contributed by atoms with Gasteiger partial charge in [-0.25, -0.2) is 0 Å². The molecule has 0 aliphatic heterocycles. The van der Waals surface area contributed by atoms with Gasteiger partial charge in [0.05, 0.1) is 25.2 Å². The van der Waals surface area contributed by atoms with Gasteiger partial charge in [-0.15, -0.1) is 0 Å². The minimum atomic E-state index is -0.721. The van der Waals surface area contributed by atoms with Crippen LogP contribution in [0.4, 0.5) is 0 Å². The molecule has 0 radical (unpaired) electrons. The summed E-state index contributed by atoms with van der Waals surface area (Å²) < 4.78 is 10.9. The monoisotopic (exact) mass is 376 g/mol. The third kappa shape index (κ3) is 4.01. The number of rotatable bonds is 7. The van der Waals surface area contributed by atoms with Crippen LogP contribution < -0.4 is 15.0 Å². The average Bonchev–Trinajstić information content (AvgIpc) is 2.73. The highest BCUT2D eigenvalue weighted by molar-refractivity contribution is 5.80. The number of fused-ring (bicyclic) bond motifs is 1. The van der Waals surface area contributed by atoms with Crippen LogP contribution in [0.25, 0.3) is 10.9 Å². The standard InChI is InChI=1S/C23H24N2O3/c1-4-16-13-17-5-6-18(14-21(17)25-22(16)26)23(2,15-24)11-12-28-20-9-7-19(27-3)8-10-20/h5-10,13-14H,4,11-12H2,1-3H3,(H,25,26). The number of benzene rings is 2. The van der Waals surface area contributed by atoms with E-state index in [0.29, 0.717) is 19.4 Å². The van der Waals surface area contributed by atoms with E-state index in [-0.39, 0.29) is 5.56 Å². The summed E-state index contributed by atoms with van der Waals surface area (Å²) in [5, 5.41) is 10.8. The molecule has 144 valence electrons. The Labute approximate surface area is 164 Å². The molecule has 1 heterocycles. The van der Waals surface area contributed by atoms with Gasteiger partial charge in [-0.3, -0.25) is 4.79 Å². The first-order chi connectivity index (χ1) is 13.5. The van der Waals surface area contributed by atoms with Gasteiger partial charge in [0.2, 0.25) is 0 Å². The molecule has 0 fully saturated rings. The van der Waals surface area contributed by atoms with Crippen molar-refractivity contribution in [2.24, 2.45) is 0 Å². The highest BCUT2D eigenvalue weighted by Gasteiger charge is 2.27. The minimum Gasteiger partial charge on any atom is -0.497 e. The lowest BCUT2D eigenvalue weighted by Gasteiger charge is -2.22. The maximum absolute atomic E-state index is 12.1. The Bertz CT molecular complexity index is 1060. The number of aromatic nitrogens is 1. The summed E-state index contributed by atoms with van der Waals surface area (Å²) in [6.07, 6.45) is 1.21. The number of nitriles is 1. The van der Waals surface area contributed by atoms with Gasteiger partial charge < -0.3 is 14.5 Å². The van der Waals surface area contributed by atoms with Crippen LogP contribution in [-0.4, -0.2) is 18.7 Å². The number of methoxy groups -OCH3 is 1. The lowest BCUT2D eigenvalue weighted by molar-refractivity contribution is 0.285. The largest absolute Gasteiger partial charge is 0.497 e. The van der Waals surface area contributed by atoms with Gasteiger partial charge in [-0.1, -0.05) is 19.1 Å². The Morgan fingerprint density at radius 2 is 1.82 bits per heavy atom. The molecule has 0 aliphatic rings. The Hall–Kier alpha value is -3.26. The van der Waals surface area contributed by atoms with Crippen molar-refractivity contribution in [2.45, 2.75) is 32.1 Å². The second-order valence-corrected chi connectivity index (χ2v) is 7.00. The predicted octanol–water partition coefficient (Wildman–Crippen LogP) is 4.35. The number of aryl methyl sites for hydroxylation is 1. The number of hydrogen-bond donors (Lipinski definition) is 1. The fraction of sp³-hybridized carbons (Fsp3) is 0.304. The fourth-order valence-electron chi connectivity index (χ4n) is 3.16. The van der Waals surface area contributed by atoms with Crippen molar-refractivity contribution in [1.82, 2.24) is 4.98 Å². The fourth-order valence-corrected chi connectivity index (χ4v) is 3.16. The molecule has 1 N–H and O–H groups in total. The molecule has 1 aromatic heterocycles. The number of ether oxygens (including phenoxy) is 2. The van der Waals surface area contributed by atoms with Crippen LogP contribution >= 0.6 is 0 Å². The molecular weight excluding hydrogens is 352 g/mol. The zero-order valence-corrected chi connectivity index (χ0v) is 16.4. The van der Waals surface area contributed by atoms with Crippen LogP contribution in [0.15, 0.2) is 53.3 Å². The molecule has 1 unspecified atom stereocenters. The van der Waals surface area contributed by atoms with Crippen LogP contribution in [0.5, 0.6) is 11.5 Å². The van der Waals surface area contributed by atoms with E-state index in [9.17, 15) is 10.1 Å². The summed E-state index contributed by atoms with van der Waals surface area (Å²) in [6.45, 7) is 4.25. The number of H-pyrrole nitrogens is 1. The molecule has 0 bridgehead atoms. The maximum Gasteiger partial charge on any atom is 0.251 e. The molecule has 5 heteroatoms. The Morgan fingerprint density at radius 3 is 2.46 bits per heavy atom. The summed E-state index contributed by atoms with van der Waals surface area (Å²) in [5.41, 5.74) is 1.57. The Morgan fingerprint density at radius 1 is 1.11 bits per heavy atom. The van der Waals surface area contributed by atoms with Crippen molar-refractivity contribution in [3.8, 4) is 17.6 Å². The first-order valence-electron chi connectivity index (χ1n) is 9.33. The van der Waals surface area contributed by atoms with E-state index in [0.717, 1.165) is 33.5 Å². The van der Waals surface area contributed by atoms with E-state index in [1.54, 1.807) is 7.11 Å². The summed E-state index contributed by atoms with van der Waals surface area (Å²) in [6, 6.07) is 17.5. The summed E-state index contributed by atoms with van der Waals surface area (Å²) in [7, 11) is 1.62. The molecule has 2 aromatic carbocycles. The highest BCUT2D eigenvalue weighted by atomic mass is 16.5. The molecule has 5 nitrogen and oxygen atoms in total. The molecule has 3 aromatic rings. The highest BCUT2D eigenvalue weighted by Crippen LogP contribution is 2.29. The number of aromatic amines is 1. The number of nitrogens with one attached hydrogen (secondary N) is 1. The normalized spacial score (nSPS) is 12.9. The van der Waals surface area contributed by atoms with Gasteiger partial charge in [0.25, 0.3) is 5.56 Å². The van der Waals surface area contributed by atoms with Gasteiger partial charge in [0, 0.05) is 17.5 Å². The van der Waals surface area contributed by atoms with Crippen molar-refractivity contribution in [3.05, 3.63) is 70.0 Å². The minimum absolute atomic E-state index is 0.0753. The van der Waals surface area contributed by atoms with Crippen molar-refractivity contribution in [3.63, 3.8) is 0 Å². The molecule has 0 saturated heterocycles. The van der Waals surface area contributed by atoms with Crippen LogP contribution in [0.2, 0.25) is 0 Å². The zero-order valence-electron chi connectivity index (χ0n) is 16.4. The van der Waals surface area contributed by atoms with E-state index >= 15 is 0 Å². The lowest BCUT2D eigenvalue weighted by Crippen LogP contribution is -2.23. The van der Waals surface area contributed by atoms with Gasteiger partial charge in [0.1, 0.15) is 11.5 Å². The average molecular weight is 376 g/mol. The number of hydrogen-bond acceptors (Lipinski definition) is 4. The quantitative estimate of drug-likeness (QED) is 0.665. The van der Waals surface area contributed by atoms with Crippen LogP contribution in [0.1, 0.15) is 31.4 Å². The predicted molar refractivity (Wildman–Crippen MR) is 110 cm³/mol. The summed E-state index contributed by atoms with van der Waals surface area (Å²) >= 11 is 0. The lowest BCUT2D eigenvalue weighted by atomic mass is 9.81. The molecule has 28 heavy (non-hydrogen) atoms. The Kier molecular flexibility index (Phi) is 5.70. The van der Waals surface area contributed by atoms with E-state index in [2.05, 4.69) is 11.1 Å². The smallest absolute Gasteiger partial charge is 0.251 e. The van der Waals surface area contributed by atoms with Crippen LogP contribution in [-0.2, 0) is 11.8 Å². The van der Waals surface area contributed by atoms with E-state index < -0.39 is 5.41 Å². The van der Waals surface area contributed by atoms with Gasteiger partial charge in [-0.05, 0) is 60.7 Å². The summed E-state index contributed by atoms with van der Waals surface area (Å²) in [4.78, 5) is 15.1. The van der Waals surface area contributed by atoms with E-state index in [1.165, 1.54) is 0 Å². The van der Waals surface area contributed by atoms with E-state index in [4.69, 9.17) is 9.47 Å². The first kappa shape index (κ1) is 19.5. The van der Waals surface area contributed by atoms with Crippen LogP contribution in [0, 0.1) is 11.3 Å². The molecule has 0 aliphatic carbocycles. The van der Waals surface area contributed by atoms with Crippen molar-refractivity contribution in [1.29, 1.82) is 5.26 Å². The molecule has 3 rings (SSSR count). The zero-order chi connectivity index (χ0) is 20.1. The summed E-state index contributed by atoms with van der Waals surface area (Å²) in [5.74, 6) is 1.50. The Balaban J connectivity index is 1.78. The third-order valence-corrected chi connectivity index (χ3v) is 5.12. The molecular formula is C23H24N2O3. The number of nitrogens with zero attached hydrogens (tertiary/aromatic N) is 1. The first-order valence-corrected chi connectivity index (χ1v) is 9.33. The topological polar surface area (TPSA) is 75.1 Å². The second kappa shape index (κ2) is 8.18. The van der Waals surface area contributed by atoms with Gasteiger partial charge >= 0.3 is 0 Å². The second-order valence-electron chi connectivity index (χ2n) is 7.00. The number of pyridine rings is 1. The molecule has 0 amide bonds. The third-order valence-electron chi connectivity index (χ3n) is 5.12. The van der Waals surface area contributed by atoms with E-state index in [1.807, 2.05) is 62.4 Å². The van der Waals surface area contributed by atoms with Crippen molar-refractivity contribution >= 4 is 10.9 Å².